The molecule has 0 radical (unpaired) electrons. The normalized spacial score (nSPS) is 11.3. The van der Waals surface area contributed by atoms with Gasteiger partial charge in [0.2, 0.25) is 10.0 Å². The van der Waals surface area contributed by atoms with Crippen LogP contribution in [0.4, 0.5) is 5.82 Å². The summed E-state index contributed by atoms with van der Waals surface area (Å²) < 4.78 is 21.2. The van der Waals surface area contributed by atoms with Crippen molar-refractivity contribution >= 4 is 27.6 Å². The van der Waals surface area contributed by atoms with Gasteiger partial charge in [0.1, 0.15) is 0 Å². The number of thioether (sulfide) groups is 1. The third-order valence-corrected chi connectivity index (χ3v) is 3.56. The highest BCUT2D eigenvalue weighted by Gasteiger charge is 2.07. The third-order valence-electron chi connectivity index (χ3n) is 1.54. The van der Waals surface area contributed by atoms with Gasteiger partial charge in [-0.15, -0.1) is 11.8 Å². The molecule has 1 rings (SSSR count). The molecule has 0 aliphatic rings. The van der Waals surface area contributed by atoms with Crippen molar-refractivity contribution in [1.29, 1.82) is 0 Å². The molecule has 1 aromatic rings. The van der Waals surface area contributed by atoms with E-state index >= 15 is 0 Å². The van der Waals surface area contributed by atoms with Gasteiger partial charge in [-0.3, -0.25) is 0 Å². The molecule has 0 aromatic carbocycles. The van der Waals surface area contributed by atoms with Crippen LogP contribution in [0.25, 0.3) is 0 Å². The van der Waals surface area contributed by atoms with Crippen molar-refractivity contribution in [2.75, 3.05) is 11.5 Å². The Morgan fingerprint density at radius 3 is 2.62 bits per heavy atom. The maximum Gasteiger partial charge on any atom is 0.363 e. The molecule has 88 valence electrons. The molecule has 0 atom stereocenters. The standard InChI is InChI=1S/C7H9N3O4S2/c8-16(13,14)4-3-15-6-1-2-7(9-5-6)10(11)12/h1-2,5H,3-4H2,(H2,8,13,14). The lowest BCUT2D eigenvalue weighted by atomic mass is 10.5. The van der Waals surface area contributed by atoms with Gasteiger partial charge in [0.05, 0.1) is 10.6 Å². The van der Waals surface area contributed by atoms with Crippen LogP contribution >= 0.6 is 11.8 Å². The monoisotopic (exact) mass is 263 g/mol. The van der Waals surface area contributed by atoms with Crippen LogP contribution in [0.1, 0.15) is 0 Å². The molecule has 0 unspecified atom stereocenters. The summed E-state index contributed by atoms with van der Waals surface area (Å²) in [5, 5.41) is 15.1. The van der Waals surface area contributed by atoms with Crippen molar-refractivity contribution < 1.29 is 13.3 Å². The molecule has 1 aromatic heterocycles. The first kappa shape index (κ1) is 12.9. The Bertz CT molecular complexity index is 471. The number of sulfonamides is 1. The van der Waals surface area contributed by atoms with E-state index in [1.54, 1.807) is 0 Å². The molecule has 0 aliphatic heterocycles. The van der Waals surface area contributed by atoms with Gasteiger partial charge in [-0.05, 0) is 16.0 Å². The van der Waals surface area contributed by atoms with Crippen LogP contribution in [0.3, 0.4) is 0 Å². The van der Waals surface area contributed by atoms with E-state index in [4.69, 9.17) is 5.14 Å². The summed E-state index contributed by atoms with van der Waals surface area (Å²) in [5.41, 5.74) is 0. The van der Waals surface area contributed by atoms with Gasteiger partial charge in [0.15, 0.2) is 6.20 Å². The zero-order valence-corrected chi connectivity index (χ0v) is 9.70. The fourth-order valence-electron chi connectivity index (χ4n) is 0.842. The van der Waals surface area contributed by atoms with Crippen LogP contribution < -0.4 is 5.14 Å². The summed E-state index contributed by atoms with van der Waals surface area (Å²) in [6, 6.07) is 2.78. The lowest BCUT2D eigenvalue weighted by Crippen LogP contribution is -2.17. The number of hydrogen-bond acceptors (Lipinski definition) is 6. The third kappa shape index (κ3) is 4.55. The lowest BCUT2D eigenvalue weighted by molar-refractivity contribution is -0.389. The number of hydrogen-bond donors (Lipinski definition) is 1. The van der Waals surface area contributed by atoms with Crippen LogP contribution in [-0.4, -0.2) is 29.8 Å². The van der Waals surface area contributed by atoms with E-state index in [-0.39, 0.29) is 11.6 Å². The fourth-order valence-corrected chi connectivity index (χ4v) is 2.63. The number of pyridine rings is 1. The minimum atomic E-state index is -3.47. The van der Waals surface area contributed by atoms with Crippen LogP contribution in [0, 0.1) is 10.1 Å². The lowest BCUT2D eigenvalue weighted by Gasteiger charge is -1.98. The molecule has 0 amide bonds. The molecule has 16 heavy (non-hydrogen) atoms. The molecule has 0 fully saturated rings. The highest BCUT2D eigenvalue weighted by atomic mass is 32.2. The maximum atomic E-state index is 10.6. The SMILES string of the molecule is NS(=O)(=O)CCSc1ccc([N+](=O)[O-])nc1. The number of rotatable bonds is 5. The summed E-state index contributed by atoms with van der Waals surface area (Å²) in [5.74, 6) is -0.0942. The summed E-state index contributed by atoms with van der Waals surface area (Å²) >= 11 is 1.22. The molecular formula is C7H9N3O4S2. The summed E-state index contributed by atoms with van der Waals surface area (Å²) in [7, 11) is -3.47. The summed E-state index contributed by atoms with van der Waals surface area (Å²) in [4.78, 5) is 14.0. The van der Waals surface area contributed by atoms with Crippen molar-refractivity contribution in [2.24, 2.45) is 5.14 Å². The Morgan fingerprint density at radius 1 is 1.50 bits per heavy atom. The van der Waals surface area contributed by atoms with Crippen LogP contribution in [0.2, 0.25) is 0 Å². The van der Waals surface area contributed by atoms with Gasteiger partial charge in [0.25, 0.3) is 0 Å². The number of primary sulfonamides is 1. The molecular weight excluding hydrogens is 254 g/mol. The quantitative estimate of drug-likeness (QED) is 0.466. The molecule has 7 nitrogen and oxygen atoms in total. The molecule has 0 spiro atoms. The van der Waals surface area contributed by atoms with Gasteiger partial charge >= 0.3 is 5.82 Å². The Hall–Kier alpha value is -1.19. The minimum Gasteiger partial charge on any atom is -0.358 e. The van der Waals surface area contributed by atoms with E-state index in [1.165, 1.54) is 30.1 Å². The molecule has 1 heterocycles. The summed E-state index contributed by atoms with van der Waals surface area (Å²) in [6.45, 7) is 0. The Balaban J connectivity index is 2.53. The predicted octanol–water partition coefficient (Wildman–Crippen LogP) is 0.370. The van der Waals surface area contributed by atoms with Crippen molar-refractivity contribution in [3.63, 3.8) is 0 Å². The highest BCUT2D eigenvalue weighted by Crippen LogP contribution is 2.18. The van der Waals surface area contributed by atoms with Crippen LogP contribution in [0.5, 0.6) is 0 Å². The zero-order chi connectivity index (χ0) is 12.2. The van der Waals surface area contributed by atoms with Gasteiger partial charge in [0, 0.05) is 11.8 Å². The Labute approximate surface area is 96.3 Å². The van der Waals surface area contributed by atoms with Gasteiger partial charge in [-0.25, -0.2) is 13.6 Å². The largest absolute Gasteiger partial charge is 0.363 e. The first-order valence-electron chi connectivity index (χ1n) is 4.12. The second kappa shape index (κ2) is 5.23. The van der Waals surface area contributed by atoms with Crippen molar-refractivity contribution in [3.05, 3.63) is 28.4 Å². The van der Waals surface area contributed by atoms with E-state index in [9.17, 15) is 18.5 Å². The van der Waals surface area contributed by atoms with Gasteiger partial charge in [-0.1, -0.05) is 0 Å². The van der Waals surface area contributed by atoms with E-state index in [0.29, 0.717) is 10.6 Å². The Morgan fingerprint density at radius 2 is 2.19 bits per heavy atom. The van der Waals surface area contributed by atoms with E-state index in [0.717, 1.165) is 0 Å². The zero-order valence-electron chi connectivity index (χ0n) is 8.07. The first-order chi connectivity index (χ1) is 7.38. The molecule has 0 bridgehead atoms. The first-order valence-corrected chi connectivity index (χ1v) is 6.82. The van der Waals surface area contributed by atoms with Crippen LogP contribution in [-0.2, 0) is 10.0 Å². The summed E-state index contributed by atoms with van der Waals surface area (Å²) in [6.07, 6.45) is 1.33. The highest BCUT2D eigenvalue weighted by molar-refractivity contribution is 8.00. The number of nitrogens with two attached hydrogens (primary N) is 1. The van der Waals surface area contributed by atoms with E-state index < -0.39 is 14.9 Å². The number of aromatic nitrogens is 1. The van der Waals surface area contributed by atoms with Crippen molar-refractivity contribution in [2.45, 2.75) is 4.90 Å². The van der Waals surface area contributed by atoms with Crippen LogP contribution in [0.15, 0.2) is 23.2 Å². The molecule has 2 N–H and O–H groups in total. The average Bonchev–Trinajstić information content (AvgIpc) is 2.16. The topological polar surface area (TPSA) is 116 Å². The number of nitro groups is 1. The van der Waals surface area contributed by atoms with E-state index in [1.807, 2.05) is 0 Å². The minimum absolute atomic E-state index is 0.144. The predicted molar refractivity (Wildman–Crippen MR) is 59.6 cm³/mol. The smallest absolute Gasteiger partial charge is 0.358 e. The molecule has 9 heteroatoms. The fraction of sp³-hybridized carbons (Fsp3) is 0.286. The maximum absolute atomic E-state index is 10.6. The molecule has 0 aliphatic carbocycles. The Kier molecular flexibility index (Phi) is 4.21. The van der Waals surface area contributed by atoms with Crippen molar-refractivity contribution in [3.8, 4) is 0 Å². The number of nitrogens with zero attached hydrogens (tertiary/aromatic N) is 2. The van der Waals surface area contributed by atoms with Gasteiger partial charge < -0.3 is 10.1 Å². The van der Waals surface area contributed by atoms with Gasteiger partial charge in [-0.2, -0.15) is 0 Å². The average molecular weight is 263 g/mol. The second-order valence-electron chi connectivity index (χ2n) is 2.82. The second-order valence-corrected chi connectivity index (χ2v) is 5.73. The molecule has 0 saturated carbocycles. The molecule has 0 saturated heterocycles. The van der Waals surface area contributed by atoms with Crippen molar-refractivity contribution in [1.82, 2.24) is 4.98 Å². The van der Waals surface area contributed by atoms with E-state index in [2.05, 4.69) is 4.98 Å².